The zero-order valence-electron chi connectivity index (χ0n) is 11.0. The molecule has 1 aliphatic heterocycles. The van der Waals surface area contributed by atoms with E-state index in [0.29, 0.717) is 0 Å². The van der Waals surface area contributed by atoms with Crippen molar-refractivity contribution in [2.45, 2.75) is 18.9 Å². The van der Waals surface area contributed by atoms with Crippen LogP contribution in [-0.4, -0.2) is 23.9 Å². The number of para-hydroxylation sites is 1. The van der Waals surface area contributed by atoms with E-state index in [1.54, 1.807) is 6.08 Å². The molecule has 2 heterocycles. The van der Waals surface area contributed by atoms with Gasteiger partial charge in [0.1, 0.15) is 5.82 Å². The molecule has 4 nitrogen and oxygen atoms in total. The molecular formula is C15H17N3O. The van der Waals surface area contributed by atoms with Gasteiger partial charge in [0.25, 0.3) is 0 Å². The Labute approximate surface area is 111 Å². The highest BCUT2D eigenvalue weighted by Crippen LogP contribution is 2.29. The van der Waals surface area contributed by atoms with Gasteiger partial charge in [0.05, 0.1) is 6.04 Å². The van der Waals surface area contributed by atoms with Crippen molar-refractivity contribution in [2.24, 2.45) is 0 Å². The minimum atomic E-state index is -0.193. The molecule has 0 saturated carbocycles. The summed E-state index contributed by atoms with van der Waals surface area (Å²) >= 11 is 0. The largest absolute Gasteiger partial charge is 0.375 e. The molecule has 98 valence electrons. The summed E-state index contributed by atoms with van der Waals surface area (Å²) in [6, 6.07) is 7.97. The molecule has 3 N–H and O–H groups in total. The van der Waals surface area contributed by atoms with E-state index in [1.165, 1.54) is 10.9 Å². The third-order valence-corrected chi connectivity index (χ3v) is 3.79. The molecule has 19 heavy (non-hydrogen) atoms. The smallest absolute Gasteiger partial charge is 0.182 e. The summed E-state index contributed by atoms with van der Waals surface area (Å²) in [5.74, 6) is 1.04. The van der Waals surface area contributed by atoms with Crippen molar-refractivity contribution in [3.8, 4) is 0 Å². The number of hydrogen-bond donors (Lipinski definition) is 3. The molecule has 0 saturated heterocycles. The van der Waals surface area contributed by atoms with E-state index in [-0.39, 0.29) is 17.7 Å². The molecule has 4 heteroatoms. The molecule has 1 aromatic carbocycles. The highest BCUT2D eigenvalue weighted by atomic mass is 16.1. The van der Waals surface area contributed by atoms with Crippen LogP contribution in [0.1, 0.15) is 18.4 Å². The van der Waals surface area contributed by atoms with Gasteiger partial charge in [0.15, 0.2) is 5.78 Å². The van der Waals surface area contributed by atoms with E-state index >= 15 is 0 Å². The quantitative estimate of drug-likeness (QED) is 0.785. The van der Waals surface area contributed by atoms with Crippen molar-refractivity contribution in [3.05, 3.63) is 47.9 Å². The number of nitrogens with one attached hydrogen (secondary N) is 3. The van der Waals surface area contributed by atoms with E-state index in [4.69, 9.17) is 0 Å². The van der Waals surface area contributed by atoms with Crippen LogP contribution in [0.25, 0.3) is 10.9 Å². The molecule has 0 aliphatic carbocycles. The lowest BCUT2D eigenvalue weighted by atomic mass is 9.91. The Kier molecular flexibility index (Phi) is 2.78. The number of fused-ring (bicyclic) bond motifs is 1. The summed E-state index contributed by atoms with van der Waals surface area (Å²) in [4.78, 5) is 15.3. The fraction of sp³-hybridized carbons (Fsp3) is 0.267. The molecule has 0 bridgehead atoms. The molecule has 0 amide bonds. The lowest BCUT2D eigenvalue weighted by Crippen LogP contribution is -2.36. The monoisotopic (exact) mass is 255 g/mol. The number of carbonyl (C=O) groups is 1. The average molecular weight is 255 g/mol. The fourth-order valence-corrected chi connectivity index (χ4v) is 2.68. The van der Waals surface area contributed by atoms with E-state index in [0.717, 1.165) is 11.3 Å². The van der Waals surface area contributed by atoms with Crippen molar-refractivity contribution < 1.29 is 4.79 Å². The zero-order valence-corrected chi connectivity index (χ0v) is 11.0. The molecule has 0 fully saturated rings. The third kappa shape index (κ3) is 1.89. The Morgan fingerprint density at radius 1 is 1.32 bits per heavy atom. The van der Waals surface area contributed by atoms with E-state index in [9.17, 15) is 4.79 Å². The zero-order chi connectivity index (χ0) is 13.4. The molecule has 1 aliphatic rings. The number of carbonyl (C=O) groups excluding carboxylic acids is 1. The predicted molar refractivity (Wildman–Crippen MR) is 75.8 cm³/mol. The average Bonchev–Trinajstić information content (AvgIpc) is 3.01. The van der Waals surface area contributed by atoms with Gasteiger partial charge < -0.3 is 15.6 Å². The van der Waals surface area contributed by atoms with Crippen LogP contribution in [0.4, 0.5) is 0 Å². The fourth-order valence-electron chi connectivity index (χ4n) is 2.68. The van der Waals surface area contributed by atoms with Gasteiger partial charge in [0, 0.05) is 36.1 Å². The SMILES string of the molecule is CNC1=CC(=O)[C@H]([C@@H](C)c2c[nH]c3ccccc23)N1. The first-order valence-electron chi connectivity index (χ1n) is 6.46. The van der Waals surface area contributed by atoms with Gasteiger partial charge in [-0.15, -0.1) is 0 Å². The number of benzene rings is 1. The molecule has 2 aromatic rings. The first-order valence-corrected chi connectivity index (χ1v) is 6.46. The van der Waals surface area contributed by atoms with Crippen LogP contribution in [-0.2, 0) is 4.79 Å². The molecular weight excluding hydrogens is 238 g/mol. The molecule has 3 rings (SSSR count). The molecule has 0 spiro atoms. The van der Waals surface area contributed by atoms with E-state index < -0.39 is 0 Å². The lowest BCUT2D eigenvalue weighted by Gasteiger charge is -2.19. The minimum Gasteiger partial charge on any atom is -0.375 e. The summed E-state index contributed by atoms with van der Waals surface area (Å²) in [5, 5.41) is 7.40. The number of ketones is 1. The number of hydrogen-bond acceptors (Lipinski definition) is 3. The van der Waals surface area contributed by atoms with Crippen molar-refractivity contribution in [1.82, 2.24) is 15.6 Å². The maximum Gasteiger partial charge on any atom is 0.182 e. The Balaban J connectivity index is 1.93. The summed E-state index contributed by atoms with van der Waals surface area (Å²) in [7, 11) is 1.81. The highest BCUT2D eigenvalue weighted by molar-refractivity contribution is 5.98. The summed E-state index contributed by atoms with van der Waals surface area (Å²) in [5.41, 5.74) is 2.28. The van der Waals surface area contributed by atoms with E-state index in [2.05, 4.69) is 28.6 Å². The molecule has 1 aromatic heterocycles. The first-order chi connectivity index (χ1) is 9.20. The molecule has 0 unspecified atom stereocenters. The topological polar surface area (TPSA) is 56.9 Å². The van der Waals surface area contributed by atoms with Gasteiger partial charge in [-0.3, -0.25) is 4.79 Å². The summed E-state index contributed by atoms with van der Waals surface area (Å²) in [6.07, 6.45) is 3.64. The minimum absolute atomic E-state index is 0.116. The second-order valence-corrected chi connectivity index (χ2v) is 4.91. The van der Waals surface area contributed by atoms with Crippen LogP contribution in [0.3, 0.4) is 0 Å². The van der Waals surface area contributed by atoms with Gasteiger partial charge in [0.2, 0.25) is 0 Å². The van der Waals surface area contributed by atoms with Crippen LogP contribution in [0.15, 0.2) is 42.4 Å². The highest BCUT2D eigenvalue weighted by Gasteiger charge is 2.31. The molecule has 2 atom stereocenters. The first kappa shape index (κ1) is 11.8. The van der Waals surface area contributed by atoms with Crippen LogP contribution in [0, 0.1) is 0 Å². The standard InChI is InChI=1S/C15H17N3O/c1-9(15-13(19)7-14(16-2)18-15)11-8-17-12-6-4-3-5-10(11)12/h3-9,15-18H,1-2H3/t9-,15-/m0/s1. The van der Waals surface area contributed by atoms with Gasteiger partial charge in [-0.2, -0.15) is 0 Å². The van der Waals surface area contributed by atoms with Gasteiger partial charge in [-0.25, -0.2) is 0 Å². The lowest BCUT2D eigenvalue weighted by molar-refractivity contribution is -0.115. The van der Waals surface area contributed by atoms with Gasteiger partial charge in [-0.05, 0) is 11.6 Å². The maximum atomic E-state index is 12.0. The van der Waals surface area contributed by atoms with Gasteiger partial charge in [-0.1, -0.05) is 25.1 Å². The van der Waals surface area contributed by atoms with Gasteiger partial charge >= 0.3 is 0 Å². The summed E-state index contributed by atoms with van der Waals surface area (Å²) < 4.78 is 0. The van der Waals surface area contributed by atoms with Crippen molar-refractivity contribution in [2.75, 3.05) is 7.05 Å². The number of rotatable bonds is 3. The Bertz CT molecular complexity index is 656. The Hall–Kier alpha value is -2.23. The number of aromatic nitrogens is 1. The van der Waals surface area contributed by atoms with Crippen LogP contribution < -0.4 is 10.6 Å². The Morgan fingerprint density at radius 3 is 2.84 bits per heavy atom. The van der Waals surface area contributed by atoms with Crippen LogP contribution in [0.2, 0.25) is 0 Å². The van der Waals surface area contributed by atoms with Crippen molar-refractivity contribution in [3.63, 3.8) is 0 Å². The maximum absolute atomic E-state index is 12.0. The van der Waals surface area contributed by atoms with Crippen molar-refractivity contribution >= 4 is 16.7 Å². The number of aromatic amines is 1. The second-order valence-electron chi connectivity index (χ2n) is 4.91. The van der Waals surface area contributed by atoms with Crippen LogP contribution in [0.5, 0.6) is 0 Å². The normalized spacial score (nSPS) is 20.2. The number of H-pyrrole nitrogens is 1. The summed E-state index contributed by atoms with van der Waals surface area (Å²) in [6.45, 7) is 2.08. The van der Waals surface area contributed by atoms with Crippen molar-refractivity contribution in [1.29, 1.82) is 0 Å². The second kappa shape index (κ2) is 4.46. The predicted octanol–water partition coefficient (Wildman–Crippen LogP) is 1.87. The third-order valence-electron chi connectivity index (χ3n) is 3.79. The van der Waals surface area contributed by atoms with E-state index in [1.807, 2.05) is 31.4 Å². The molecule has 0 radical (unpaired) electrons. The van der Waals surface area contributed by atoms with Crippen LogP contribution >= 0.6 is 0 Å². The Morgan fingerprint density at radius 2 is 2.11 bits per heavy atom.